The van der Waals surface area contributed by atoms with Gasteiger partial charge in [0.2, 0.25) is 0 Å². The van der Waals surface area contributed by atoms with Crippen molar-refractivity contribution in [3.63, 3.8) is 0 Å². The van der Waals surface area contributed by atoms with Crippen LogP contribution in [0.25, 0.3) is 0 Å². The Morgan fingerprint density at radius 1 is 1.24 bits per heavy atom. The SMILES string of the molecule is Fc1ccc(C(F)(F)F)cc1CN1CCC2(CCNC2)C1. The zero-order valence-corrected chi connectivity index (χ0v) is 11.6. The molecule has 1 aromatic rings. The lowest BCUT2D eigenvalue weighted by molar-refractivity contribution is -0.137. The van der Waals surface area contributed by atoms with Gasteiger partial charge in [-0.25, -0.2) is 4.39 Å². The fourth-order valence-electron chi connectivity index (χ4n) is 3.42. The average molecular weight is 302 g/mol. The Morgan fingerprint density at radius 3 is 2.71 bits per heavy atom. The van der Waals surface area contributed by atoms with E-state index in [9.17, 15) is 17.6 Å². The minimum Gasteiger partial charge on any atom is -0.316 e. The van der Waals surface area contributed by atoms with Crippen LogP contribution in [0.1, 0.15) is 24.0 Å². The lowest BCUT2D eigenvalue weighted by Gasteiger charge is -2.23. The summed E-state index contributed by atoms with van der Waals surface area (Å²) in [6, 6.07) is 2.65. The number of halogens is 4. The molecule has 2 nitrogen and oxygen atoms in total. The van der Waals surface area contributed by atoms with Crippen LogP contribution in [0, 0.1) is 11.2 Å². The van der Waals surface area contributed by atoms with Crippen LogP contribution in [0.4, 0.5) is 17.6 Å². The number of alkyl halides is 3. The zero-order chi connectivity index (χ0) is 15.1. The normalized spacial score (nSPS) is 26.9. The highest BCUT2D eigenvalue weighted by Gasteiger charge is 2.40. The summed E-state index contributed by atoms with van der Waals surface area (Å²) < 4.78 is 51.9. The summed E-state index contributed by atoms with van der Waals surface area (Å²) in [5, 5.41) is 3.33. The van der Waals surface area contributed by atoms with Crippen molar-refractivity contribution in [2.24, 2.45) is 5.41 Å². The Bertz CT molecular complexity index is 521. The molecule has 3 rings (SSSR count). The highest BCUT2D eigenvalue weighted by atomic mass is 19.4. The second-order valence-corrected chi connectivity index (χ2v) is 6.19. The van der Waals surface area contributed by atoms with Crippen molar-refractivity contribution in [2.75, 3.05) is 26.2 Å². The molecule has 0 saturated carbocycles. The number of rotatable bonds is 2. The average Bonchev–Trinajstić information content (AvgIpc) is 3.02. The van der Waals surface area contributed by atoms with Crippen molar-refractivity contribution in [2.45, 2.75) is 25.6 Å². The summed E-state index contributed by atoms with van der Waals surface area (Å²) in [6.07, 6.45) is -2.31. The number of nitrogens with zero attached hydrogens (tertiary/aromatic N) is 1. The van der Waals surface area contributed by atoms with Gasteiger partial charge in [-0.1, -0.05) is 0 Å². The molecular formula is C15H18F4N2. The van der Waals surface area contributed by atoms with Gasteiger partial charge in [-0.15, -0.1) is 0 Å². The Balaban J connectivity index is 1.73. The Morgan fingerprint density at radius 2 is 2.05 bits per heavy atom. The molecule has 0 radical (unpaired) electrons. The van der Waals surface area contributed by atoms with Crippen LogP contribution in [0.15, 0.2) is 18.2 Å². The topological polar surface area (TPSA) is 15.3 Å². The minimum atomic E-state index is -4.43. The zero-order valence-electron chi connectivity index (χ0n) is 11.6. The van der Waals surface area contributed by atoms with Crippen molar-refractivity contribution in [3.8, 4) is 0 Å². The third-order valence-electron chi connectivity index (χ3n) is 4.62. The molecule has 1 atom stereocenters. The first-order valence-corrected chi connectivity index (χ1v) is 7.17. The van der Waals surface area contributed by atoms with Crippen LogP contribution >= 0.6 is 0 Å². The Hall–Kier alpha value is -1.14. The molecule has 2 aliphatic rings. The molecule has 0 bridgehead atoms. The molecule has 2 saturated heterocycles. The van der Waals surface area contributed by atoms with E-state index < -0.39 is 17.6 Å². The molecule has 1 spiro atoms. The lowest BCUT2D eigenvalue weighted by atomic mass is 9.86. The summed E-state index contributed by atoms with van der Waals surface area (Å²) in [5.74, 6) is -0.562. The van der Waals surface area contributed by atoms with Crippen LogP contribution in [0.2, 0.25) is 0 Å². The predicted molar refractivity (Wildman–Crippen MR) is 71.2 cm³/mol. The largest absolute Gasteiger partial charge is 0.416 e. The second-order valence-electron chi connectivity index (χ2n) is 6.19. The molecule has 6 heteroatoms. The van der Waals surface area contributed by atoms with E-state index in [1.54, 1.807) is 0 Å². The van der Waals surface area contributed by atoms with Gasteiger partial charge in [-0.3, -0.25) is 4.90 Å². The summed E-state index contributed by atoms with van der Waals surface area (Å²) in [4.78, 5) is 2.06. The van der Waals surface area contributed by atoms with E-state index in [1.807, 2.05) is 0 Å². The molecule has 2 heterocycles. The molecule has 0 aromatic heterocycles. The first-order valence-electron chi connectivity index (χ1n) is 7.17. The Kier molecular flexibility index (Phi) is 3.69. The van der Waals surface area contributed by atoms with Crippen molar-refractivity contribution >= 4 is 0 Å². The summed E-state index contributed by atoms with van der Waals surface area (Å²) in [5.41, 5.74) is -0.416. The first-order chi connectivity index (χ1) is 9.88. The standard InChI is InChI=1S/C15H18F4N2/c16-13-2-1-12(15(17,18)19)7-11(13)8-21-6-4-14(10-21)3-5-20-9-14/h1-2,7,20H,3-6,8-10H2. The quantitative estimate of drug-likeness (QED) is 0.845. The predicted octanol–water partition coefficient (Wildman–Crippen LogP) is 3.03. The van der Waals surface area contributed by atoms with Gasteiger partial charge in [0.1, 0.15) is 5.82 Å². The molecule has 2 aliphatic heterocycles. The van der Waals surface area contributed by atoms with Crippen LogP contribution in [-0.4, -0.2) is 31.1 Å². The van der Waals surface area contributed by atoms with Crippen molar-refractivity contribution in [1.82, 2.24) is 10.2 Å². The van der Waals surface area contributed by atoms with Crippen LogP contribution in [-0.2, 0) is 12.7 Å². The maximum absolute atomic E-state index is 13.8. The fraction of sp³-hybridized carbons (Fsp3) is 0.600. The minimum absolute atomic E-state index is 0.132. The summed E-state index contributed by atoms with van der Waals surface area (Å²) in [6.45, 7) is 3.84. The van der Waals surface area contributed by atoms with E-state index in [0.29, 0.717) is 0 Å². The molecule has 0 amide bonds. The lowest BCUT2D eigenvalue weighted by Crippen LogP contribution is -2.29. The molecule has 2 fully saturated rings. The molecule has 1 N–H and O–H groups in total. The van der Waals surface area contributed by atoms with Crippen molar-refractivity contribution in [1.29, 1.82) is 0 Å². The number of nitrogens with one attached hydrogen (secondary N) is 1. The fourth-order valence-corrected chi connectivity index (χ4v) is 3.42. The highest BCUT2D eigenvalue weighted by molar-refractivity contribution is 5.27. The van der Waals surface area contributed by atoms with Gasteiger partial charge in [0.15, 0.2) is 0 Å². The Labute approximate surface area is 121 Å². The maximum atomic E-state index is 13.8. The maximum Gasteiger partial charge on any atom is 0.416 e. The molecule has 21 heavy (non-hydrogen) atoms. The molecule has 1 unspecified atom stereocenters. The van der Waals surface area contributed by atoms with Crippen LogP contribution in [0.3, 0.4) is 0 Å². The van der Waals surface area contributed by atoms with Crippen molar-refractivity contribution < 1.29 is 17.6 Å². The third kappa shape index (κ3) is 3.06. The van der Waals surface area contributed by atoms with E-state index in [1.165, 1.54) is 0 Å². The number of hydrogen-bond donors (Lipinski definition) is 1. The van der Waals surface area contributed by atoms with E-state index in [-0.39, 0.29) is 17.5 Å². The number of likely N-dealkylation sites (tertiary alicyclic amines) is 1. The van der Waals surface area contributed by atoms with Gasteiger partial charge in [-0.05, 0) is 49.5 Å². The second kappa shape index (κ2) is 5.25. The smallest absolute Gasteiger partial charge is 0.316 e. The molecule has 0 aliphatic carbocycles. The van der Waals surface area contributed by atoms with Crippen molar-refractivity contribution in [3.05, 3.63) is 35.1 Å². The monoisotopic (exact) mass is 302 g/mol. The molecule has 1 aromatic carbocycles. The van der Waals surface area contributed by atoms with Gasteiger partial charge in [0.25, 0.3) is 0 Å². The third-order valence-corrected chi connectivity index (χ3v) is 4.62. The van der Waals surface area contributed by atoms with Gasteiger partial charge in [0.05, 0.1) is 5.56 Å². The van der Waals surface area contributed by atoms with Gasteiger partial charge in [0, 0.05) is 25.2 Å². The summed E-state index contributed by atoms with van der Waals surface area (Å²) in [7, 11) is 0. The van der Waals surface area contributed by atoms with Gasteiger partial charge < -0.3 is 5.32 Å². The summed E-state index contributed by atoms with van der Waals surface area (Å²) >= 11 is 0. The van der Waals surface area contributed by atoms with Gasteiger partial charge >= 0.3 is 6.18 Å². The van der Waals surface area contributed by atoms with Crippen LogP contribution in [0.5, 0.6) is 0 Å². The van der Waals surface area contributed by atoms with Gasteiger partial charge in [-0.2, -0.15) is 13.2 Å². The first kappa shape index (κ1) is 14.8. The molecule has 116 valence electrons. The highest BCUT2D eigenvalue weighted by Crippen LogP contribution is 2.37. The van der Waals surface area contributed by atoms with E-state index in [4.69, 9.17) is 0 Å². The van der Waals surface area contributed by atoms with E-state index in [2.05, 4.69) is 10.2 Å². The van der Waals surface area contributed by atoms with E-state index in [0.717, 1.165) is 57.2 Å². The van der Waals surface area contributed by atoms with Crippen LogP contribution < -0.4 is 5.32 Å². The van der Waals surface area contributed by atoms with E-state index >= 15 is 0 Å². The molecular weight excluding hydrogens is 284 g/mol. The number of benzene rings is 1. The number of hydrogen-bond acceptors (Lipinski definition) is 2.